The van der Waals surface area contributed by atoms with Crippen molar-refractivity contribution in [2.45, 2.75) is 31.8 Å². The summed E-state index contributed by atoms with van der Waals surface area (Å²) in [5, 5.41) is 6.14. The van der Waals surface area contributed by atoms with Gasteiger partial charge >= 0.3 is 0 Å². The maximum atomic E-state index is 11.9. The van der Waals surface area contributed by atoms with Crippen molar-refractivity contribution in [2.75, 3.05) is 7.05 Å². The van der Waals surface area contributed by atoms with Crippen LogP contribution in [0, 0.1) is 0 Å². The molecule has 2 N–H and O–H groups in total. The average molecular weight is 218 g/mol. The van der Waals surface area contributed by atoms with Gasteiger partial charge in [0.25, 0.3) is 5.91 Å². The molecule has 86 valence electrons. The Labute approximate surface area is 96.2 Å². The standard InChI is InChI=1S/C13H18N2O/c1-13(6-7-13)15-12(16)11-5-3-4-10(8-11)9-14-2/h3-5,8,14H,6-7,9H2,1-2H3,(H,15,16). The second-order valence-corrected chi connectivity index (χ2v) is 4.75. The quantitative estimate of drug-likeness (QED) is 0.807. The first-order valence-electron chi connectivity index (χ1n) is 5.69. The zero-order valence-electron chi connectivity index (χ0n) is 9.84. The van der Waals surface area contributed by atoms with E-state index in [0.29, 0.717) is 0 Å². The molecule has 0 atom stereocenters. The van der Waals surface area contributed by atoms with Gasteiger partial charge in [-0.05, 0) is 44.5 Å². The molecule has 2 rings (SSSR count). The number of carbonyl (C=O) groups excluding carboxylic acids is 1. The molecule has 1 aliphatic rings. The lowest BCUT2D eigenvalue weighted by atomic mass is 10.1. The van der Waals surface area contributed by atoms with Crippen LogP contribution in [0.1, 0.15) is 35.7 Å². The number of amides is 1. The Kier molecular flexibility index (Phi) is 2.97. The number of benzene rings is 1. The van der Waals surface area contributed by atoms with Crippen molar-refractivity contribution in [2.24, 2.45) is 0 Å². The van der Waals surface area contributed by atoms with Crippen molar-refractivity contribution in [3.05, 3.63) is 35.4 Å². The highest BCUT2D eigenvalue weighted by atomic mass is 16.1. The fraction of sp³-hybridized carbons (Fsp3) is 0.462. The molecule has 3 nitrogen and oxygen atoms in total. The molecule has 0 radical (unpaired) electrons. The van der Waals surface area contributed by atoms with Gasteiger partial charge in [-0.1, -0.05) is 12.1 Å². The lowest BCUT2D eigenvalue weighted by Gasteiger charge is -2.12. The van der Waals surface area contributed by atoms with E-state index in [4.69, 9.17) is 0 Å². The maximum Gasteiger partial charge on any atom is 0.251 e. The number of hydrogen-bond acceptors (Lipinski definition) is 2. The summed E-state index contributed by atoms with van der Waals surface area (Å²) in [6.45, 7) is 2.88. The summed E-state index contributed by atoms with van der Waals surface area (Å²) in [6, 6.07) is 7.75. The summed E-state index contributed by atoms with van der Waals surface area (Å²) in [4.78, 5) is 11.9. The molecule has 0 spiro atoms. The first kappa shape index (κ1) is 11.1. The molecule has 1 aromatic rings. The van der Waals surface area contributed by atoms with Crippen molar-refractivity contribution in [3.8, 4) is 0 Å². The molecule has 0 heterocycles. The van der Waals surface area contributed by atoms with Crippen molar-refractivity contribution in [3.63, 3.8) is 0 Å². The number of rotatable bonds is 4. The molecule has 0 aromatic heterocycles. The normalized spacial score (nSPS) is 16.9. The van der Waals surface area contributed by atoms with Gasteiger partial charge in [-0.3, -0.25) is 4.79 Å². The van der Waals surface area contributed by atoms with E-state index < -0.39 is 0 Å². The van der Waals surface area contributed by atoms with E-state index in [9.17, 15) is 4.79 Å². The monoisotopic (exact) mass is 218 g/mol. The topological polar surface area (TPSA) is 41.1 Å². The third-order valence-corrected chi connectivity index (χ3v) is 2.99. The number of nitrogens with one attached hydrogen (secondary N) is 2. The van der Waals surface area contributed by atoms with Gasteiger partial charge in [0.1, 0.15) is 0 Å². The Hall–Kier alpha value is -1.35. The Morgan fingerprint density at radius 2 is 2.19 bits per heavy atom. The van der Waals surface area contributed by atoms with Gasteiger partial charge in [0.05, 0.1) is 0 Å². The molecule has 0 unspecified atom stereocenters. The second kappa shape index (κ2) is 4.26. The Morgan fingerprint density at radius 1 is 1.44 bits per heavy atom. The van der Waals surface area contributed by atoms with E-state index in [2.05, 4.69) is 17.6 Å². The van der Waals surface area contributed by atoms with Gasteiger partial charge in [0, 0.05) is 17.6 Å². The predicted octanol–water partition coefficient (Wildman–Crippen LogP) is 1.69. The number of hydrogen-bond donors (Lipinski definition) is 2. The molecule has 1 aliphatic carbocycles. The first-order valence-corrected chi connectivity index (χ1v) is 5.69. The zero-order valence-corrected chi connectivity index (χ0v) is 9.84. The molecular weight excluding hydrogens is 200 g/mol. The van der Waals surface area contributed by atoms with Crippen molar-refractivity contribution >= 4 is 5.91 Å². The highest BCUT2D eigenvalue weighted by molar-refractivity contribution is 5.95. The Bertz CT molecular complexity index is 397. The first-order chi connectivity index (χ1) is 7.63. The predicted molar refractivity (Wildman–Crippen MR) is 64.3 cm³/mol. The minimum atomic E-state index is 0.0398. The van der Waals surface area contributed by atoms with E-state index in [-0.39, 0.29) is 11.4 Å². The fourth-order valence-corrected chi connectivity index (χ4v) is 1.69. The second-order valence-electron chi connectivity index (χ2n) is 4.75. The average Bonchev–Trinajstić information content (AvgIpc) is 2.97. The summed E-state index contributed by atoms with van der Waals surface area (Å²) in [6.07, 6.45) is 2.18. The van der Waals surface area contributed by atoms with E-state index in [0.717, 1.165) is 30.5 Å². The molecule has 16 heavy (non-hydrogen) atoms. The van der Waals surface area contributed by atoms with E-state index in [1.807, 2.05) is 31.3 Å². The van der Waals surface area contributed by atoms with Crippen molar-refractivity contribution in [1.29, 1.82) is 0 Å². The van der Waals surface area contributed by atoms with Gasteiger partial charge in [0.15, 0.2) is 0 Å². The van der Waals surface area contributed by atoms with Crippen LogP contribution in [-0.2, 0) is 6.54 Å². The van der Waals surface area contributed by atoms with Crippen LogP contribution in [0.3, 0.4) is 0 Å². The fourth-order valence-electron chi connectivity index (χ4n) is 1.69. The molecule has 0 saturated heterocycles. The van der Waals surface area contributed by atoms with Crippen molar-refractivity contribution < 1.29 is 4.79 Å². The lowest BCUT2D eigenvalue weighted by Crippen LogP contribution is -2.34. The van der Waals surface area contributed by atoms with Gasteiger partial charge in [-0.15, -0.1) is 0 Å². The zero-order chi connectivity index (χ0) is 11.6. The van der Waals surface area contributed by atoms with Crippen LogP contribution in [-0.4, -0.2) is 18.5 Å². The highest BCUT2D eigenvalue weighted by Crippen LogP contribution is 2.34. The van der Waals surface area contributed by atoms with Gasteiger partial charge in [-0.2, -0.15) is 0 Å². The Balaban J connectivity index is 2.07. The van der Waals surface area contributed by atoms with Gasteiger partial charge in [-0.25, -0.2) is 0 Å². The summed E-state index contributed by atoms with van der Waals surface area (Å²) in [5.41, 5.74) is 1.94. The van der Waals surface area contributed by atoms with Crippen LogP contribution in [0.4, 0.5) is 0 Å². The molecule has 1 fully saturated rings. The van der Waals surface area contributed by atoms with Crippen molar-refractivity contribution in [1.82, 2.24) is 10.6 Å². The van der Waals surface area contributed by atoms with Gasteiger partial charge in [0.2, 0.25) is 0 Å². The molecular formula is C13H18N2O. The van der Waals surface area contributed by atoms with E-state index in [1.54, 1.807) is 0 Å². The SMILES string of the molecule is CNCc1cccc(C(=O)NC2(C)CC2)c1. The number of carbonyl (C=O) groups is 1. The molecule has 0 aliphatic heterocycles. The smallest absolute Gasteiger partial charge is 0.251 e. The van der Waals surface area contributed by atoms with Crippen LogP contribution >= 0.6 is 0 Å². The third kappa shape index (κ3) is 2.61. The molecule has 1 saturated carbocycles. The molecule has 0 bridgehead atoms. The van der Waals surface area contributed by atoms with Crippen LogP contribution in [0.5, 0.6) is 0 Å². The van der Waals surface area contributed by atoms with Gasteiger partial charge < -0.3 is 10.6 Å². The minimum absolute atomic E-state index is 0.0398. The molecule has 1 amide bonds. The van der Waals surface area contributed by atoms with Crippen LogP contribution < -0.4 is 10.6 Å². The largest absolute Gasteiger partial charge is 0.347 e. The summed E-state index contributed by atoms with van der Waals surface area (Å²) in [5.74, 6) is 0.0398. The Morgan fingerprint density at radius 3 is 2.81 bits per heavy atom. The van der Waals surface area contributed by atoms with Crippen LogP contribution in [0.25, 0.3) is 0 Å². The van der Waals surface area contributed by atoms with E-state index >= 15 is 0 Å². The summed E-state index contributed by atoms with van der Waals surface area (Å²) < 4.78 is 0. The third-order valence-electron chi connectivity index (χ3n) is 2.99. The highest BCUT2D eigenvalue weighted by Gasteiger charge is 2.38. The summed E-state index contributed by atoms with van der Waals surface area (Å²) >= 11 is 0. The minimum Gasteiger partial charge on any atom is -0.347 e. The summed E-state index contributed by atoms with van der Waals surface area (Å²) in [7, 11) is 1.90. The molecule has 1 aromatic carbocycles. The van der Waals surface area contributed by atoms with E-state index in [1.165, 1.54) is 0 Å². The maximum absolute atomic E-state index is 11.9. The molecule has 3 heteroatoms. The van der Waals surface area contributed by atoms with Crippen LogP contribution in [0.15, 0.2) is 24.3 Å². The lowest BCUT2D eigenvalue weighted by molar-refractivity contribution is 0.0935. The van der Waals surface area contributed by atoms with Crippen LogP contribution in [0.2, 0.25) is 0 Å².